The van der Waals surface area contributed by atoms with Crippen LogP contribution in [0.25, 0.3) is 0 Å². The molecule has 0 saturated heterocycles. The monoisotopic (exact) mass is 329 g/mol. The molecule has 1 N–H and O–H groups in total. The van der Waals surface area contributed by atoms with Crippen molar-refractivity contribution >= 4 is 23.4 Å². The molecule has 0 aromatic heterocycles. The van der Waals surface area contributed by atoms with Crippen molar-refractivity contribution < 1.29 is 14.3 Å². The number of hydrogen-bond donors (Lipinski definition) is 1. The van der Waals surface area contributed by atoms with E-state index in [1.54, 1.807) is 17.8 Å². The van der Waals surface area contributed by atoms with Crippen molar-refractivity contribution in [2.45, 2.75) is 24.0 Å². The van der Waals surface area contributed by atoms with Gasteiger partial charge in [-0.15, -0.1) is 11.8 Å². The highest BCUT2D eigenvalue weighted by Gasteiger charge is 2.17. The third-order valence-electron chi connectivity index (χ3n) is 3.51. The fourth-order valence-electron chi connectivity index (χ4n) is 2.24. The van der Waals surface area contributed by atoms with E-state index in [9.17, 15) is 4.79 Å². The first-order valence-corrected chi connectivity index (χ1v) is 8.43. The van der Waals surface area contributed by atoms with E-state index in [0.717, 1.165) is 16.3 Å². The second kappa shape index (κ2) is 6.96. The zero-order valence-corrected chi connectivity index (χ0v) is 14.0. The molecule has 0 fully saturated rings. The number of anilines is 1. The standard InChI is InChI=1S/C18H19NO3S/c1-12-3-6-15(7-4-12)23-13(2)18(20)19-14-5-8-16-17(11-14)22-10-9-21-16/h3-8,11,13H,9-10H2,1-2H3,(H,19,20). The van der Waals surface area contributed by atoms with Gasteiger partial charge < -0.3 is 14.8 Å². The first kappa shape index (κ1) is 15.7. The molecule has 1 aliphatic heterocycles. The second-order valence-corrected chi connectivity index (χ2v) is 6.84. The number of carbonyl (C=O) groups is 1. The lowest BCUT2D eigenvalue weighted by Gasteiger charge is -2.19. The van der Waals surface area contributed by atoms with Crippen molar-refractivity contribution in [3.8, 4) is 11.5 Å². The van der Waals surface area contributed by atoms with E-state index < -0.39 is 0 Å². The van der Waals surface area contributed by atoms with Crippen LogP contribution < -0.4 is 14.8 Å². The molecule has 23 heavy (non-hydrogen) atoms. The summed E-state index contributed by atoms with van der Waals surface area (Å²) in [5.74, 6) is 1.36. The fourth-order valence-corrected chi connectivity index (χ4v) is 3.11. The van der Waals surface area contributed by atoms with Crippen LogP contribution in [-0.2, 0) is 4.79 Å². The average Bonchev–Trinajstić information content (AvgIpc) is 2.56. The summed E-state index contributed by atoms with van der Waals surface area (Å²) in [5, 5.41) is 2.74. The summed E-state index contributed by atoms with van der Waals surface area (Å²) in [6, 6.07) is 13.6. The second-order valence-electron chi connectivity index (χ2n) is 5.42. The predicted octanol–water partition coefficient (Wildman–Crippen LogP) is 3.89. The van der Waals surface area contributed by atoms with Crippen LogP contribution >= 0.6 is 11.8 Å². The zero-order valence-electron chi connectivity index (χ0n) is 13.2. The van der Waals surface area contributed by atoms with Gasteiger partial charge in [0.1, 0.15) is 13.2 Å². The topological polar surface area (TPSA) is 47.6 Å². The minimum absolute atomic E-state index is 0.0350. The van der Waals surface area contributed by atoms with Crippen molar-refractivity contribution in [1.29, 1.82) is 0 Å². The van der Waals surface area contributed by atoms with Crippen LogP contribution in [0.5, 0.6) is 11.5 Å². The molecule has 2 aromatic carbocycles. The first-order chi connectivity index (χ1) is 11.1. The molecule has 0 radical (unpaired) electrons. The van der Waals surface area contributed by atoms with Crippen LogP contribution in [-0.4, -0.2) is 24.4 Å². The van der Waals surface area contributed by atoms with E-state index >= 15 is 0 Å². The van der Waals surface area contributed by atoms with Gasteiger partial charge >= 0.3 is 0 Å². The number of aryl methyl sites for hydroxylation is 1. The van der Waals surface area contributed by atoms with Crippen LogP contribution in [0.1, 0.15) is 12.5 Å². The quantitative estimate of drug-likeness (QED) is 0.865. The summed E-state index contributed by atoms with van der Waals surface area (Å²) >= 11 is 1.54. The summed E-state index contributed by atoms with van der Waals surface area (Å²) in [5.41, 5.74) is 1.93. The van der Waals surface area contributed by atoms with Gasteiger partial charge in [0.2, 0.25) is 5.91 Å². The molecule has 5 heteroatoms. The molecule has 2 aromatic rings. The Morgan fingerprint density at radius 2 is 1.78 bits per heavy atom. The third-order valence-corrected chi connectivity index (χ3v) is 4.62. The smallest absolute Gasteiger partial charge is 0.237 e. The normalized spacial score (nSPS) is 14.2. The largest absolute Gasteiger partial charge is 0.486 e. The van der Waals surface area contributed by atoms with E-state index in [2.05, 4.69) is 5.32 Å². The van der Waals surface area contributed by atoms with Crippen molar-refractivity contribution in [2.75, 3.05) is 18.5 Å². The minimum atomic E-state index is -0.189. The Bertz CT molecular complexity index is 700. The maximum atomic E-state index is 12.3. The van der Waals surface area contributed by atoms with E-state index in [1.165, 1.54) is 5.56 Å². The van der Waals surface area contributed by atoms with Gasteiger partial charge in [-0.3, -0.25) is 4.79 Å². The third kappa shape index (κ3) is 3.99. The molecule has 3 rings (SSSR count). The Morgan fingerprint density at radius 1 is 1.09 bits per heavy atom. The molecular formula is C18H19NO3S. The number of fused-ring (bicyclic) bond motifs is 1. The molecular weight excluding hydrogens is 310 g/mol. The van der Waals surface area contributed by atoms with Crippen LogP contribution in [0.4, 0.5) is 5.69 Å². The van der Waals surface area contributed by atoms with Gasteiger partial charge in [-0.1, -0.05) is 17.7 Å². The highest BCUT2D eigenvalue weighted by molar-refractivity contribution is 8.00. The molecule has 1 heterocycles. The van der Waals surface area contributed by atoms with Gasteiger partial charge in [0.05, 0.1) is 5.25 Å². The molecule has 0 spiro atoms. The fraction of sp³-hybridized carbons (Fsp3) is 0.278. The molecule has 1 amide bonds. The lowest BCUT2D eigenvalue weighted by molar-refractivity contribution is -0.115. The van der Waals surface area contributed by atoms with Gasteiger partial charge in [-0.25, -0.2) is 0 Å². The van der Waals surface area contributed by atoms with Gasteiger partial charge in [0, 0.05) is 16.6 Å². The zero-order chi connectivity index (χ0) is 16.2. The van der Waals surface area contributed by atoms with Crippen molar-refractivity contribution in [1.82, 2.24) is 0 Å². The molecule has 0 saturated carbocycles. The summed E-state index contributed by atoms with van der Waals surface area (Å²) < 4.78 is 11.0. The van der Waals surface area contributed by atoms with Crippen molar-refractivity contribution in [3.63, 3.8) is 0 Å². The number of rotatable bonds is 4. The van der Waals surface area contributed by atoms with Gasteiger partial charge in [-0.05, 0) is 38.1 Å². The highest BCUT2D eigenvalue weighted by Crippen LogP contribution is 2.33. The molecule has 1 atom stereocenters. The maximum Gasteiger partial charge on any atom is 0.237 e. The number of hydrogen-bond acceptors (Lipinski definition) is 4. The summed E-state index contributed by atoms with van der Waals surface area (Å²) in [7, 11) is 0. The van der Waals surface area contributed by atoms with Crippen LogP contribution in [0, 0.1) is 6.92 Å². The number of nitrogens with one attached hydrogen (secondary N) is 1. The van der Waals surface area contributed by atoms with E-state index in [0.29, 0.717) is 19.0 Å². The molecule has 0 bridgehead atoms. The summed E-state index contributed by atoms with van der Waals surface area (Å²) in [4.78, 5) is 13.4. The number of thioether (sulfide) groups is 1. The number of carbonyl (C=O) groups excluding carboxylic acids is 1. The van der Waals surface area contributed by atoms with E-state index in [4.69, 9.17) is 9.47 Å². The van der Waals surface area contributed by atoms with E-state index in [-0.39, 0.29) is 11.2 Å². The predicted molar refractivity (Wildman–Crippen MR) is 92.6 cm³/mol. The van der Waals surface area contributed by atoms with Crippen molar-refractivity contribution in [2.24, 2.45) is 0 Å². The number of benzene rings is 2. The Morgan fingerprint density at radius 3 is 2.52 bits per heavy atom. The highest BCUT2D eigenvalue weighted by atomic mass is 32.2. The Hall–Kier alpha value is -2.14. The van der Waals surface area contributed by atoms with Crippen LogP contribution in [0.3, 0.4) is 0 Å². The maximum absolute atomic E-state index is 12.3. The van der Waals surface area contributed by atoms with Gasteiger partial charge in [0.25, 0.3) is 0 Å². The molecule has 1 aliphatic rings. The summed E-state index contributed by atoms with van der Waals surface area (Å²) in [6.07, 6.45) is 0. The van der Waals surface area contributed by atoms with Crippen molar-refractivity contribution in [3.05, 3.63) is 48.0 Å². The van der Waals surface area contributed by atoms with Gasteiger partial charge in [0.15, 0.2) is 11.5 Å². The van der Waals surface area contributed by atoms with Crippen LogP contribution in [0.2, 0.25) is 0 Å². The number of amides is 1. The Labute approximate surface area is 140 Å². The van der Waals surface area contributed by atoms with Crippen LogP contribution in [0.15, 0.2) is 47.4 Å². The lowest BCUT2D eigenvalue weighted by Crippen LogP contribution is -2.22. The molecule has 120 valence electrons. The SMILES string of the molecule is Cc1ccc(SC(C)C(=O)Nc2ccc3c(c2)OCCO3)cc1. The summed E-state index contributed by atoms with van der Waals surface area (Å²) in [6.45, 7) is 5.04. The molecule has 4 nitrogen and oxygen atoms in total. The average molecular weight is 329 g/mol. The van der Waals surface area contributed by atoms with E-state index in [1.807, 2.05) is 50.2 Å². The lowest BCUT2D eigenvalue weighted by atomic mass is 10.2. The minimum Gasteiger partial charge on any atom is -0.486 e. The van der Waals surface area contributed by atoms with Gasteiger partial charge in [-0.2, -0.15) is 0 Å². The Balaban J connectivity index is 1.63. The number of ether oxygens (including phenoxy) is 2. The Kier molecular flexibility index (Phi) is 4.76. The molecule has 1 unspecified atom stereocenters. The molecule has 0 aliphatic carbocycles. The first-order valence-electron chi connectivity index (χ1n) is 7.55.